The summed E-state index contributed by atoms with van der Waals surface area (Å²) >= 11 is 0. The lowest BCUT2D eigenvalue weighted by Gasteiger charge is -2.12. The van der Waals surface area contributed by atoms with Crippen LogP contribution in [0.25, 0.3) is 0 Å². The molecular weight excluding hydrogens is 522 g/mol. The minimum atomic E-state index is -0.547. The first-order valence-corrected chi connectivity index (χ1v) is 13.4. The highest BCUT2D eigenvalue weighted by molar-refractivity contribution is 6.01. The molecule has 228 valence electrons. The van der Waals surface area contributed by atoms with Gasteiger partial charge in [-0.05, 0) is 25.7 Å². The first-order chi connectivity index (χ1) is 19.4. The van der Waals surface area contributed by atoms with Gasteiger partial charge in [0.15, 0.2) is 0 Å². The minimum Gasteiger partial charge on any atom is -0.382 e. The maximum atomic E-state index is 11.4. The Bertz CT molecular complexity index is 747. The lowest BCUT2D eigenvalue weighted by molar-refractivity contribution is -0.197. The van der Waals surface area contributed by atoms with E-state index in [1.54, 1.807) is 14.2 Å². The first-order valence-electron chi connectivity index (χ1n) is 13.4. The van der Waals surface area contributed by atoms with Gasteiger partial charge in [-0.3, -0.25) is 14.4 Å². The van der Waals surface area contributed by atoms with E-state index < -0.39 is 17.8 Å². The standard InChI is InChI=1S/C13H21NO6.C12H21NO3.C3H5N/c1-18-9-10-19-8-4-2-3-5-13(17)20-14-11(15)6-7-12(14)16;1-3-8-13-12(14)7-5-4-6-9-16-11-10-15-2;1-2-3-4/h2-10H2,1H3;1H,4-11H2,2H3,(H,13,14);1H,3-4H2. The van der Waals surface area contributed by atoms with E-state index in [1.165, 1.54) is 0 Å². The Hall–Kier alpha value is -3.00. The van der Waals surface area contributed by atoms with Gasteiger partial charge in [0, 0.05) is 53.1 Å². The molecule has 1 aliphatic heterocycles. The average molecular weight is 570 g/mol. The summed E-state index contributed by atoms with van der Waals surface area (Å²) in [5.41, 5.74) is 4.79. The third kappa shape index (κ3) is 26.6. The van der Waals surface area contributed by atoms with Crippen LogP contribution in [-0.2, 0) is 43.0 Å². The number of ether oxygens (including phenoxy) is 4. The van der Waals surface area contributed by atoms with Crippen molar-refractivity contribution in [3.8, 4) is 24.7 Å². The van der Waals surface area contributed by atoms with Crippen molar-refractivity contribution in [2.24, 2.45) is 5.73 Å². The second-order valence-corrected chi connectivity index (χ2v) is 8.27. The predicted molar refractivity (Wildman–Crippen MR) is 149 cm³/mol. The number of terminal acetylenes is 2. The van der Waals surface area contributed by atoms with Gasteiger partial charge in [-0.25, -0.2) is 4.79 Å². The summed E-state index contributed by atoms with van der Waals surface area (Å²) in [5.74, 6) is 3.15. The second kappa shape index (κ2) is 30.5. The second-order valence-electron chi connectivity index (χ2n) is 8.27. The van der Waals surface area contributed by atoms with E-state index in [-0.39, 0.29) is 25.2 Å². The molecule has 0 aromatic rings. The third-order valence-electron chi connectivity index (χ3n) is 4.93. The van der Waals surface area contributed by atoms with E-state index in [1.807, 2.05) is 0 Å². The zero-order chi connectivity index (χ0) is 30.3. The third-order valence-corrected chi connectivity index (χ3v) is 4.93. The molecule has 1 fully saturated rings. The zero-order valence-electron chi connectivity index (χ0n) is 24.1. The Kier molecular flexibility index (Phi) is 29.9. The highest BCUT2D eigenvalue weighted by atomic mass is 16.7. The van der Waals surface area contributed by atoms with Crippen LogP contribution >= 0.6 is 0 Å². The molecule has 0 spiro atoms. The molecule has 0 atom stereocenters. The van der Waals surface area contributed by atoms with E-state index in [2.05, 4.69) is 23.6 Å². The first kappa shape index (κ1) is 39.1. The number of carbonyl (C=O) groups excluding carboxylic acids is 4. The molecule has 1 rings (SSSR count). The SMILES string of the molecule is C#CCN.C#CCNC(=O)CCCCCOCCOC.COCCOCCCCCC(=O)ON1C(=O)CCC1=O. The highest BCUT2D eigenvalue weighted by Crippen LogP contribution is 2.13. The van der Waals surface area contributed by atoms with Gasteiger partial charge in [0.05, 0.1) is 39.5 Å². The summed E-state index contributed by atoms with van der Waals surface area (Å²) in [4.78, 5) is 49.8. The molecule has 40 heavy (non-hydrogen) atoms. The summed E-state index contributed by atoms with van der Waals surface area (Å²) < 4.78 is 20.3. The largest absolute Gasteiger partial charge is 0.382 e. The fourth-order valence-corrected chi connectivity index (χ4v) is 2.85. The molecule has 12 heteroatoms. The molecule has 3 N–H and O–H groups in total. The number of hydrogen-bond donors (Lipinski definition) is 2. The van der Waals surface area contributed by atoms with Gasteiger partial charge in [0.2, 0.25) is 5.91 Å². The van der Waals surface area contributed by atoms with E-state index >= 15 is 0 Å². The van der Waals surface area contributed by atoms with Crippen molar-refractivity contribution in [2.45, 2.75) is 64.2 Å². The summed E-state index contributed by atoms with van der Waals surface area (Å²) in [7, 11) is 3.27. The van der Waals surface area contributed by atoms with E-state index in [9.17, 15) is 19.2 Å². The molecule has 0 saturated carbocycles. The molecule has 0 aromatic heterocycles. The quantitative estimate of drug-likeness (QED) is 0.125. The number of nitrogens with two attached hydrogens (primary N) is 1. The lowest BCUT2D eigenvalue weighted by atomic mass is 10.2. The normalized spacial score (nSPS) is 11.9. The molecule has 0 unspecified atom stereocenters. The fourth-order valence-electron chi connectivity index (χ4n) is 2.85. The van der Waals surface area contributed by atoms with Crippen LogP contribution < -0.4 is 11.1 Å². The molecule has 0 bridgehead atoms. The Labute approximate surface area is 238 Å². The molecule has 1 saturated heterocycles. The van der Waals surface area contributed by atoms with Crippen LogP contribution in [0.5, 0.6) is 0 Å². The van der Waals surface area contributed by atoms with Crippen LogP contribution in [0.1, 0.15) is 64.2 Å². The summed E-state index contributed by atoms with van der Waals surface area (Å²) in [5, 5.41) is 3.21. The van der Waals surface area contributed by atoms with Crippen molar-refractivity contribution in [1.82, 2.24) is 10.4 Å². The van der Waals surface area contributed by atoms with Crippen LogP contribution in [0.15, 0.2) is 0 Å². The molecule has 0 aromatic carbocycles. The summed E-state index contributed by atoms with van der Waals surface area (Å²) in [6.45, 7) is 4.44. The number of methoxy groups -OCH3 is 2. The van der Waals surface area contributed by atoms with E-state index in [4.69, 9.17) is 35.9 Å². The number of imide groups is 1. The minimum absolute atomic E-state index is 0.0262. The van der Waals surface area contributed by atoms with Crippen molar-refractivity contribution >= 4 is 23.7 Å². The highest BCUT2D eigenvalue weighted by Gasteiger charge is 2.32. The van der Waals surface area contributed by atoms with Gasteiger partial charge >= 0.3 is 5.97 Å². The number of hydroxylamine groups is 2. The number of rotatable bonds is 20. The fraction of sp³-hybridized carbons (Fsp3) is 0.714. The van der Waals surface area contributed by atoms with Gasteiger partial charge in [0.1, 0.15) is 0 Å². The number of carbonyl (C=O) groups is 4. The van der Waals surface area contributed by atoms with E-state index in [0.717, 1.165) is 38.7 Å². The van der Waals surface area contributed by atoms with Gasteiger partial charge in [0.25, 0.3) is 11.8 Å². The zero-order valence-corrected chi connectivity index (χ0v) is 24.1. The van der Waals surface area contributed by atoms with E-state index in [0.29, 0.717) is 64.0 Å². The molecule has 1 aliphatic rings. The molecule has 3 amide bonds. The number of amides is 3. The monoisotopic (exact) mass is 569 g/mol. The van der Waals surface area contributed by atoms with Crippen molar-refractivity contribution in [2.75, 3.05) is 67.0 Å². The summed E-state index contributed by atoms with van der Waals surface area (Å²) in [6.07, 6.45) is 15.8. The number of nitrogens with one attached hydrogen (secondary N) is 1. The maximum Gasteiger partial charge on any atom is 0.333 e. The van der Waals surface area contributed by atoms with Crippen molar-refractivity contribution in [3.63, 3.8) is 0 Å². The van der Waals surface area contributed by atoms with Gasteiger partial charge in [-0.2, -0.15) is 0 Å². The Morgan fingerprint density at radius 2 is 1.30 bits per heavy atom. The number of nitrogens with zero attached hydrogens (tertiary/aromatic N) is 1. The molecule has 0 aliphatic carbocycles. The lowest BCUT2D eigenvalue weighted by Crippen LogP contribution is -2.31. The van der Waals surface area contributed by atoms with Gasteiger partial charge in [-0.15, -0.1) is 17.9 Å². The van der Waals surface area contributed by atoms with Crippen molar-refractivity contribution in [1.29, 1.82) is 0 Å². The van der Waals surface area contributed by atoms with Crippen LogP contribution in [0.4, 0.5) is 0 Å². The Morgan fingerprint density at radius 3 is 1.75 bits per heavy atom. The topological polar surface area (TPSA) is 156 Å². The van der Waals surface area contributed by atoms with Crippen LogP contribution in [0.3, 0.4) is 0 Å². The van der Waals surface area contributed by atoms with Crippen LogP contribution in [-0.4, -0.2) is 95.7 Å². The molecular formula is C28H47N3O9. The molecule has 0 radical (unpaired) electrons. The number of hydrogen-bond acceptors (Lipinski definition) is 10. The number of unbranched alkanes of at least 4 members (excludes halogenated alkanes) is 4. The summed E-state index contributed by atoms with van der Waals surface area (Å²) in [6, 6.07) is 0. The predicted octanol–water partition coefficient (Wildman–Crippen LogP) is 1.35. The smallest absolute Gasteiger partial charge is 0.333 e. The van der Waals surface area contributed by atoms with Crippen molar-refractivity contribution < 1.29 is 43.0 Å². The van der Waals surface area contributed by atoms with Gasteiger partial charge < -0.3 is 34.8 Å². The average Bonchev–Trinajstić information content (AvgIpc) is 3.27. The Balaban J connectivity index is 0. The Morgan fingerprint density at radius 1 is 0.800 bits per heavy atom. The molecule has 12 nitrogen and oxygen atoms in total. The van der Waals surface area contributed by atoms with Crippen LogP contribution in [0.2, 0.25) is 0 Å². The van der Waals surface area contributed by atoms with Gasteiger partial charge in [-0.1, -0.05) is 24.7 Å². The van der Waals surface area contributed by atoms with Crippen molar-refractivity contribution in [3.05, 3.63) is 0 Å². The maximum absolute atomic E-state index is 11.4. The van der Waals surface area contributed by atoms with Crippen LogP contribution in [0, 0.1) is 24.7 Å². The molecule has 1 heterocycles.